The molecule has 14 heteroatoms. The van der Waals surface area contributed by atoms with Gasteiger partial charge in [-0.2, -0.15) is 4.99 Å². The Morgan fingerprint density at radius 2 is 1.82 bits per heavy atom. The molecule has 45 heavy (non-hydrogen) atoms. The van der Waals surface area contributed by atoms with Crippen molar-refractivity contribution in [2.24, 2.45) is 4.99 Å². The van der Waals surface area contributed by atoms with Crippen molar-refractivity contribution >= 4 is 34.6 Å². The van der Waals surface area contributed by atoms with Gasteiger partial charge >= 0.3 is 12.4 Å². The molecule has 2 aliphatic rings. The lowest BCUT2D eigenvalue weighted by Crippen LogP contribution is -2.36. The van der Waals surface area contributed by atoms with Crippen LogP contribution >= 0.6 is 11.8 Å². The van der Waals surface area contributed by atoms with Gasteiger partial charge in [0.25, 0.3) is 0 Å². The number of aromatic nitrogens is 3. The number of rotatable bonds is 6. The van der Waals surface area contributed by atoms with Crippen LogP contribution in [-0.2, 0) is 17.6 Å². The van der Waals surface area contributed by atoms with Crippen molar-refractivity contribution < 1.29 is 31.9 Å². The molecule has 0 radical (unpaired) electrons. The molecule has 3 aromatic carbocycles. The van der Waals surface area contributed by atoms with Gasteiger partial charge in [-0.1, -0.05) is 37.7 Å². The van der Waals surface area contributed by atoms with E-state index in [9.17, 15) is 27.2 Å². The number of alkyl halides is 3. The highest BCUT2D eigenvalue weighted by atomic mass is 32.2. The van der Waals surface area contributed by atoms with E-state index in [4.69, 9.17) is 0 Å². The second kappa shape index (κ2) is 12.0. The fraction of sp³-hybridized carbons (Fsp3) is 0.258. The van der Waals surface area contributed by atoms with E-state index in [2.05, 4.69) is 25.1 Å². The Hall–Kier alpha value is -4.72. The molecule has 232 valence electrons. The summed E-state index contributed by atoms with van der Waals surface area (Å²) < 4.78 is 56.7. The molecular formula is C31H26F4N6O3S. The van der Waals surface area contributed by atoms with Gasteiger partial charge in [-0.15, -0.1) is 18.3 Å². The number of amidine groups is 1. The van der Waals surface area contributed by atoms with Gasteiger partial charge in [0, 0.05) is 11.6 Å². The van der Waals surface area contributed by atoms with E-state index in [1.807, 2.05) is 32.0 Å². The molecule has 1 saturated heterocycles. The number of aliphatic imine (C=N–C) groups is 1. The standard InChI is InChI=1S/C31H26F4N6O3S/c1-17(2)25-14-21(32)5-10-26(25)41-27(42)15-45-30(41)38-29(43)37-22-12-18-3-4-19(11-20(18)13-22)28-36-16-40(39-28)23-6-8-24(9-7-23)44-31(33,34)35/h3-11,14,16-17,22H,12-13,15H2,1-2H3,(H,37,43)/b38-30-. The fourth-order valence-corrected chi connectivity index (χ4v) is 6.20. The average molecular weight is 639 g/mol. The normalized spacial score (nSPS) is 17.3. The minimum atomic E-state index is -4.77. The number of thioether (sulfide) groups is 1. The Labute approximate surface area is 259 Å². The van der Waals surface area contributed by atoms with Crippen molar-refractivity contribution in [2.75, 3.05) is 10.7 Å². The van der Waals surface area contributed by atoms with Crippen molar-refractivity contribution in [1.82, 2.24) is 20.1 Å². The fourth-order valence-electron chi connectivity index (χ4n) is 5.35. The van der Waals surface area contributed by atoms with Crippen LogP contribution in [0, 0.1) is 5.82 Å². The monoisotopic (exact) mass is 638 g/mol. The lowest BCUT2D eigenvalue weighted by molar-refractivity contribution is -0.274. The number of carbonyl (C=O) groups excluding carboxylic acids is 2. The van der Waals surface area contributed by atoms with Crippen molar-refractivity contribution in [3.05, 3.63) is 89.5 Å². The van der Waals surface area contributed by atoms with Crippen LogP contribution in [-0.4, -0.2) is 50.0 Å². The second-order valence-electron chi connectivity index (χ2n) is 10.9. The van der Waals surface area contributed by atoms with E-state index < -0.39 is 18.2 Å². The van der Waals surface area contributed by atoms with Gasteiger partial charge < -0.3 is 10.1 Å². The second-order valence-corrected chi connectivity index (χ2v) is 11.8. The van der Waals surface area contributed by atoms with Gasteiger partial charge in [0.1, 0.15) is 17.9 Å². The van der Waals surface area contributed by atoms with Gasteiger partial charge in [-0.05, 0) is 84.0 Å². The smallest absolute Gasteiger partial charge is 0.406 e. The van der Waals surface area contributed by atoms with Crippen LogP contribution in [0.25, 0.3) is 17.1 Å². The summed E-state index contributed by atoms with van der Waals surface area (Å²) in [6.45, 7) is 3.80. The Morgan fingerprint density at radius 3 is 2.56 bits per heavy atom. The Balaban J connectivity index is 1.12. The van der Waals surface area contributed by atoms with Crippen LogP contribution in [0.2, 0.25) is 0 Å². The minimum absolute atomic E-state index is 0.0525. The van der Waals surface area contributed by atoms with E-state index in [0.29, 0.717) is 35.6 Å². The first-order valence-corrected chi connectivity index (χ1v) is 15.0. The Morgan fingerprint density at radius 1 is 1.07 bits per heavy atom. The summed E-state index contributed by atoms with van der Waals surface area (Å²) in [6, 6.07) is 14.5. The van der Waals surface area contributed by atoms with E-state index in [1.165, 1.54) is 58.4 Å². The van der Waals surface area contributed by atoms with Crippen LogP contribution in [0.4, 0.5) is 28.0 Å². The van der Waals surface area contributed by atoms with Crippen LogP contribution < -0.4 is 15.0 Å². The van der Waals surface area contributed by atoms with Gasteiger partial charge in [0.15, 0.2) is 11.0 Å². The van der Waals surface area contributed by atoms with Crippen LogP contribution in [0.3, 0.4) is 0 Å². The summed E-state index contributed by atoms with van der Waals surface area (Å²) in [5.41, 5.74) is 4.47. The highest BCUT2D eigenvalue weighted by molar-refractivity contribution is 8.15. The van der Waals surface area contributed by atoms with Crippen molar-refractivity contribution in [1.29, 1.82) is 0 Å². The molecule has 1 aromatic heterocycles. The first-order valence-electron chi connectivity index (χ1n) is 14.0. The number of nitrogens with one attached hydrogen (secondary N) is 1. The molecule has 0 bridgehead atoms. The number of ether oxygens (including phenoxy) is 1. The number of fused-ring (bicyclic) bond motifs is 1. The number of amides is 3. The number of benzene rings is 3. The van der Waals surface area contributed by atoms with Gasteiger partial charge in [-0.3, -0.25) is 9.69 Å². The lowest BCUT2D eigenvalue weighted by Gasteiger charge is -2.21. The minimum Gasteiger partial charge on any atom is -0.406 e. The Kier molecular flexibility index (Phi) is 8.08. The first kappa shape index (κ1) is 30.3. The highest BCUT2D eigenvalue weighted by Crippen LogP contribution is 2.34. The third-order valence-corrected chi connectivity index (χ3v) is 8.29. The summed E-state index contributed by atoms with van der Waals surface area (Å²) in [5.74, 6) is -0.469. The lowest BCUT2D eigenvalue weighted by atomic mass is 10.0. The van der Waals surface area contributed by atoms with Crippen LogP contribution in [0.1, 0.15) is 36.5 Å². The summed E-state index contributed by atoms with van der Waals surface area (Å²) in [6.07, 6.45) is -2.17. The SMILES string of the molecule is CC(C)c1cc(F)ccc1N1C(=O)CS/C1=N\C(=O)NC1Cc2ccc(-c3ncn(-c4ccc(OC(F)(F)F)cc4)n3)cc2C1. The molecule has 4 aromatic rings. The molecular weight excluding hydrogens is 612 g/mol. The molecule has 1 N–H and O–H groups in total. The summed E-state index contributed by atoms with van der Waals surface area (Å²) in [5, 5.41) is 7.64. The highest BCUT2D eigenvalue weighted by Gasteiger charge is 2.33. The molecule has 6 rings (SSSR count). The van der Waals surface area contributed by atoms with Crippen LogP contribution in [0.5, 0.6) is 5.75 Å². The summed E-state index contributed by atoms with van der Waals surface area (Å²) >= 11 is 1.16. The predicted octanol–water partition coefficient (Wildman–Crippen LogP) is 6.41. The maximum Gasteiger partial charge on any atom is 0.573 e. The maximum atomic E-state index is 13.9. The zero-order chi connectivity index (χ0) is 31.9. The molecule has 1 fully saturated rings. The number of halogens is 4. The molecule has 1 aliphatic carbocycles. The van der Waals surface area contributed by atoms with E-state index >= 15 is 0 Å². The van der Waals surface area contributed by atoms with Crippen molar-refractivity contribution in [2.45, 2.75) is 45.0 Å². The number of hydrogen-bond acceptors (Lipinski definition) is 6. The summed E-state index contributed by atoms with van der Waals surface area (Å²) in [4.78, 5) is 35.7. The Bertz CT molecular complexity index is 1810. The van der Waals surface area contributed by atoms with Crippen molar-refractivity contribution in [3.8, 4) is 22.8 Å². The molecule has 1 aliphatic heterocycles. The zero-order valence-corrected chi connectivity index (χ0v) is 24.8. The van der Waals surface area contributed by atoms with Gasteiger partial charge in [0.05, 0.1) is 17.1 Å². The van der Waals surface area contributed by atoms with Gasteiger partial charge in [-0.25, -0.2) is 18.9 Å². The molecule has 9 nitrogen and oxygen atoms in total. The molecule has 1 atom stereocenters. The molecule has 2 heterocycles. The average Bonchev–Trinajstić information content (AvgIpc) is 3.71. The van der Waals surface area contributed by atoms with Gasteiger partial charge in [0.2, 0.25) is 5.91 Å². The van der Waals surface area contributed by atoms with E-state index in [1.54, 1.807) is 0 Å². The molecule has 0 spiro atoms. The third-order valence-electron chi connectivity index (χ3n) is 7.37. The maximum absolute atomic E-state index is 13.9. The number of hydrogen-bond donors (Lipinski definition) is 1. The number of nitrogens with zero attached hydrogens (tertiary/aromatic N) is 5. The first-order chi connectivity index (χ1) is 21.4. The van der Waals surface area contributed by atoms with Crippen molar-refractivity contribution in [3.63, 3.8) is 0 Å². The molecule has 3 amide bonds. The number of anilines is 1. The number of carbonyl (C=O) groups is 2. The van der Waals surface area contributed by atoms with Crippen LogP contribution in [0.15, 0.2) is 72.0 Å². The van der Waals surface area contributed by atoms with E-state index in [0.717, 1.165) is 28.5 Å². The largest absolute Gasteiger partial charge is 0.573 e. The van der Waals surface area contributed by atoms with E-state index in [-0.39, 0.29) is 34.5 Å². The molecule has 1 unspecified atom stereocenters. The zero-order valence-electron chi connectivity index (χ0n) is 24.0. The topological polar surface area (TPSA) is 102 Å². The third kappa shape index (κ3) is 6.70. The number of urea groups is 1. The predicted molar refractivity (Wildman–Crippen MR) is 161 cm³/mol. The summed E-state index contributed by atoms with van der Waals surface area (Å²) in [7, 11) is 0. The molecule has 0 saturated carbocycles. The quantitative estimate of drug-likeness (QED) is 0.245.